The molecule has 3 nitrogen and oxygen atoms in total. The predicted octanol–water partition coefficient (Wildman–Crippen LogP) is 4.26. The smallest absolute Gasteiger partial charge is 0.367 e. The molecule has 0 radical (unpaired) electrons. The van der Waals surface area contributed by atoms with Crippen molar-refractivity contribution in [2.45, 2.75) is 24.6 Å². The zero-order valence-electron chi connectivity index (χ0n) is 14.0. The minimum Gasteiger partial charge on any atom is -0.367 e. The van der Waals surface area contributed by atoms with Gasteiger partial charge in [-0.3, -0.25) is 0 Å². The van der Waals surface area contributed by atoms with Crippen molar-refractivity contribution in [1.29, 1.82) is 5.26 Å². The molecule has 2 aliphatic rings. The van der Waals surface area contributed by atoms with E-state index in [1.165, 1.54) is 17.7 Å². The van der Waals surface area contributed by atoms with Gasteiger partial charge < -0.3 is 9.64 Å². The Labute approximate surface area is 149 Å². The van der Waals surface area contributed by atoms with E-state index in [-0.39, 0.29) is 11.3 Å². The van der Waals surface area contributed by atoms with E-state index in [4.69, 9.17) is 10.00 Å². The molecule has 1 atom stereocenters. The third-order valence-electron chi connectivity index (χ3n) is 5.26. The van der Waals surface area contributed by atoms with Gasteiger partial charge in [-0.05, 0) is 42.2 Å². The Kier molecular flexibility index (Phi) is 3.92. The lowest BCUT2D eigenvalue weighted by molar-refractivity contribution is -0.137. The summed E-state index contributed by atoms with van der Waals surface area (Å²) in [7, 11) is 0. The lowest BCUT2D eigenvalue weighted by Gasteiger charge is -2.43. The van der Waals surface area contributed by atoms with Gasteiger partial charge in [-0.15, -0.1) is 0 Å². The monoisotopic (exact) mass is 358 g/mol. The van der Waals surface area contributed by atoms with Gasteiger partial charge in [0.1, 0.15) is 5.60 Å². The molecular formula is C20H17F3N2O. The Morgan fingerprint density at radius 2 is 1.96 bits per heavy atom. The van der Waals surface area contributed by atoms with E-state index >= 15 is 0 Å². The maximum absolute atomic E-state index is 13.6. The highest BCUT2D eigenvalue weighted by Crippen LogP contribution is 2.45. The van der Waals surface area contributed by atoms with Gasteiger partial charge in [0, 0.05) is 12.2 Å². The number of ether oxygens (including phenoxy) is 1. The molecule has 1 unspecified atom stereocenters. The van der Waals surface area contributed by atoms with E-state index in [9.17, 15) is 13.2 Å². The molecule has 6 heteroatoms. The zero-order chi connectivity index (χ0) is 18.4. The van der Waals surface area contributed by atoms with Crippen LogP contribution in [-0.2, 0) is 22.9 Å². The van der Waals surface area contributed by atoms with Crippen LogP contribution in [0.3, 0.4) is 0 Å². The number of aryl methyl sites for hydroxylation is 1. The summed E-state index contributed by atoms with van der Waals surface area (Å²) in [5, 5.41) is 8.95. The largest absolute Gasteiger partial charge is 0.418 e. The number of nitriles is 1. The second-order valence-electron chi connectivity index (χ2n) is 6.76. The summed E-state index contributed by atoms with van der Waals surface area (Å²) in [5.74, 6) is 0. The Balaban J connectivity index is 1.73. The van der Waals surface area contributed by atoms with Crippen molar-refractivity contribution in [3.63, 3.8) is 0 Å². The molecule has 0 aromatic heterocycles. The Hall–Kier alpha value is -2.52. The number of morpholine rings is 1. The molecular weight excluding hydrogens is 341 g/mol. The third kappa shape index (κ3) is 2.73. The molecule has 0 amide bonds. The van der Waals surface area contributed by atoms with Gasteiger partial charge in [0.25, 0.3) is 0 Å². The molecule has 26 heavy (non-hydrogen) atoms. The van der Waals surface area contributed by atoms with Gasteiger partial charge in [-0.25, -0.2) is 0 Å². The fourth-order valence-electron chi connectivity index (χ4n) is 4.07. The number of fused-ring (bicyclic) bond motifs is 2. The van der Waals surface area contributed by atoms with Crippen molar-refractivity contribution in [3.8, 4) is 6.07 Å². The van der Waals surface area contributed by atoms with E-state index in [0.717, 1.165) is 24.5 Å². The minimum atomic E-state index is -4.51. The van der Waals surface area contributed by atoms with Crippen LogP contribution in [0.4, 0.5) is 18.9 Å². The summed E-state index contributed by atoms with van der Waals surface area (Å²) >= 11 is 0. The topological polar surface area (TPSA) is 36.3 Å². The van der Waals surface area contributed by atoms with Crippen LogP contribution in [0.15, 0.2) is 42.5 Å². The normalized spacial score (nSPS) is 22.3. The molecule has 1 saturated heterocycles. The molecule has 2 aromatic carbocycles. The van der Waals surface area contributed by atoms with Crippen LogP contribution in [0.1, 0.15) is 28.7 Å². The molecule has 4 rings (SSSR count). The van der Waals surface area contributed by atoms with Crippen molar-refractivity contribution in [2.75, 3.05) is 24.6 Å². The first-order valence-corrected chi connectivity index (χ1v) is 8.52. The van der Waals surface area contributed by atoms with E-state index in [0.29, 0.717) is 19.7 Å². The summed E-state index contributed by atoms with van der Waals surface area (Å²) in [6, 6.07) is 13.5. The lowest BCUT2D eigenvalue weighted by atomic mass is 9.93. The van der Waals surface area contributed by atoms with E-state index in [1.54, 1.807) is 11.0 Å². The maximum Gasteiger partial charge on any atom is 0.418 e. The van der Waals surface area contributed by atoms with Crippen LogP contribution >= 0.6 is 0 Å². The van der Waals surface area contributed by atoms with Crippen molar-refractivity contribution in [2.24, 2.45) is 0 Å². The van der Waals surface area contributed by atoms with Gasteiger partial charge in [0.2, 0.25) is 0 Å². The quantitative estimate of drug-likeness (QED) is 0.764. The van der Waals surface area contributed by atoms with Crippen LogP contribution in [-0.4, -0.2) is 19.7 Å². The number of alkyl halides is 3. The van der Waals surface area contributed by atoms with Gasteiger partial charge >= 0.3 is 6.18 Å². The molecule has 134 valence electrons. The van der Waals surface area contributed by atoms with Gasteiger partial charge in [-0.2, -0.15) is 18.4 Å². The van der Waals surface area contributed by atoms with Crippen LogP contribution in [0.2, 0.25) is 0 Å². The number of anilines is 1. The number of hydrogen-bond donors (Lipinski definition) is 0. The van der Waals surface area contributed by atoms with Crippen molar-refractivity contribution < 1.29 is 17.9 Å². The molecule has 1 spiro atoms. The highest BCUT2D eigenvalue weighted by Gasteiger charge is 2.45. The van der Waals surface area contributed by atoms with Crippen LogP contribution in [0, 0.1) is 11.3 Å². The number of benzene rings is 2. The SMILES string of the molecule is N#Cc1ccc(N2CCOC3(CCc4ccccc43)C2)c(C(F)(F)F)c1. The van der Waals surface area contributed by atoms with Gasteiger partial charge in [0.15, 0.2) is 0 Å². The molecule has 0 N–H and O–H groups in total. The summed E-state index contributed by atoms with van der Waals surface area (Å²) in [4.78, 5) is 1.75. The highest BCUT2D eigenvalue weighted by molar-refractivity contribution is 5.59. The van der Waals surface area contributed by atoms with E-state index in [1.807, 2.05) is 18.2 Å². The number of halogens is 3. The second kappa shape index (κ2) is 6.03. The summed E-state index contributed by atoms with van der Waals surface area (Å²) in [6.07, 6.45) is -2.88. The Morgan fingerprint density at radius 1 is 1.15 bits per heavy atom. The summed E-state index contributed by atoms with van der Waals surface area (Å²) in [6.45, 7) is 1.13. The van der Waals surface area contributed by atoms with Gasteiger partial charge in [-0.1, -0.05) is 24.3 Å². The fourth-order valence-corrected chi connectivity index (χ4v) is 4.07. The predicted molar refractivity (Wildman–Crippen MR) is 90.8 cm³/mol. The third-order valence-corrected chi connectivity index (χ3v) is 5.26. The average molecular weight is 358 g/mol. The van der Waals surface area contributed by atoms with Crippen molar-refractivity contribution in [1.82, 2.24) is 0 Å². The van der Waals surface area contributed by atoms with Crippen molar-refractivity contribution >= 4 is 5.69 Å². The number of nitrogens with zero attached hydrogens (tertiary/aromatic N) is 2. The maximum atomic E-state index is 13.6. The molecule has 1 aliphatic carbocycles. The minimum absolute atomic E-state index is 0.00950. The summed E-state index contributed by atoms with van der Waals surface area (Å²) in [5.41, 5.74) is 1.07. The van der Waals surface area contributed by atoms with Crippen LogP contribution in [0.5, 0.6) is 0 Å². The molecule has 0 bridgehead atoms. The highest BCUT2D eigenvalue weighted by atomic mass is 19.4. The van der Waals surface area contributed by atoms with E-state index in [2.05, 4.69) is 6.07 Å². The first-order chi connectivity index (χ1) is 12.4. The standard InChI is InChI=1S/C20H17F3N2O/c21-20(22,23)17-11-14(12-24)5-6-18(17)25-9-10-26-19(13-25)8-7-15-3-1-2-4-16(15)19/h1-6,11H,7-10,13H2. The van der Waals surface area contributed by atoms with Gasteiger partial charge in [0.05, 0.1) is 30.3 Å². The molecule has 0 saturated carbocycles. The summed E-state index contributed by atoms with van der Waals surface area (Å²) < 4.78 is 46.8. The first-order valence-electron chi connectivity index (χ1n) is 8.52. The average Bonchev–Trinajstić information content (AvgIpc) is 2.99. The molecule has 1 aliphatic heterocycles. The zero-order valence-corrected chi connectivity index (χ0v) is 14.0. The van der Waals surface area contributed by atoms with Crippen LogP contribution < -0.4 is 4.90 Å². The fraction of sp³-hybridized carbons (Fsp3) is 0.350. The first kappa shape index (κ1) is 16.9. The Bertz CT molecular complexity index is 883. The lowest BCUT2D eigenvalue weighted by Crippen LogP contribution is -2.49. The Morgan fingerprint density at radius 3 is 2.73 bits per heavy atom. The number of hydrogen-bond acceptors (Lipinski definition) is 3. The van der Waals surface area contributed by atoms with Crippen molar-refractivity contribution in [3.05, 3.63) is 64.7 Å². The van der Waals surface area contributed by atoms with Crippen LogP contribution in [0.25, 0.3) is 0 Å². The number of rotatable bonds is 1. The molecule has 1 heterocycles. The molecule has 2 aromatic rings. The van der Waals surface area contributed by atoms with E-state index < -0.39 is 17.3 Å². The molecule has 1 fully saturated rings. The second-order valence-corrected chi connectivity index (χ2v) is 6.76.